The molecule has 1 rings (SSSR count). The molecule has 9 heteroatoms. The van der Waals surface area contributed by atoms with Gasteiger partial charge in [0.1, 0.15) is 0 Å². The van der Waals surface area contributed by atoms with E-state index in [4.69, 9.17) is 0 Å². The molecule has 1 aromatic rings. The van der Waals surface area contributed by atoms with Gasteiger partial charge in [-0.15, -0.1) is 13.2 Å². The van der Waals surface area contributed by atoms with Crippen molar-refractivity contribution < 1.29 is 32.2 Å². The van der Waals surface area contributed by atoms with Crippen molar-refractivity contribution >= 4 is 5.97 Å². The van der Waals surface area contributed by atoms with E-state index in [1.54, 1.807) is 6.92 Å². The molecular formula is C11H12F3NO5. The van der Waals surface area contributed by atoms with Crippen LogP contribution in [0.3, 0.4) is 0 Å². The molecule has 0 aromatic carbocycles. The molecule has 6 nitrogen and oxygen atoms in total. The van der Waals surface area contributed by atoms with Gasteiger partial charge in [0.2, 0.25) is 5.75 Å². The summed E-state index contributed by atoms with van der Waals surface area (Å²) in [5.74, 6) is -2.13. The minimum absolute atomic E-state index is 0.0755. The monoisotopic (exact) mass is 295 g/mol. The number of pyridine rings is 1. The number of aromatic amines is 1. The average molecular weight is 295 g/mol. The number of nitrogens with one attached hydrogen (secondary N) is 1. The van der Waals surface area contributed by atoms with Crippen LogP contribution in [0.15, 0.2) is 10.9 Å². The molecule has 0 aliphatic rings. The molecule has 0 aliphatic heterocycles. The lowest BCUT2D eigenvalue weighted by molar-refractivity contribution is -0.275. The second-order valence-corrected chi connectivity index (χ2v) is 3.55. The molecule has 0 atom stereocenters. The Labute approximate surface area is 111 Å². The third kappa shape index (κ3) is 4.48. The van der Waals surface area contributed by atoms with Crippen molar-refractivity contribution in [2.24, 2.45) is 0 Å². The number of hydrogen-bond acceptors (Lipinski definition) is 5. The number of methoxy groups -OCH3 is 1. The molecule has 0 unspecified atom stereocenters. The minimum Gasteiger partial charge on any atom is -0.488 e. The lowest BCUT2D eigenvalue weighted by atomic mass is 10.2. The minimum atomic E-state index is -4.98. The van der Waals surface area contributed by atoms with Gasteiger partial charge < -0.3 is 19.2 Å². The average Bonchev–Trinajstić information content (AvgIpc) is 2.26. The Morgan fingerprint density at radius 1 is 1.40 bits per heavy atom. The molecule has 0 amide bonds. The van der Waals surface area contributed by atoms with E-state index in [0.29, 0.717) is 0 Å². The SMILES string of the molecule is CCOC(=O)Cc1cc(OC(F)(F)F)c(OC)c(=O)[nH]1. The molecule has 1 aromatic heterocycles. The first-order valence-electron chi connectivity index (χ1n) is 5.48. The zero-order valence-corrected chi connectivity index (χ0v) is 10.7. The Hall–Kier alpha value is -2.19. The second kappa shape index (κ2) is 6.31. The van der Waals surface area contributed by atoms with Crippen molar-refractivity contribution in [2.45, 2.75) is 19.7 Å². The number of H-pyrrole nitrogens is 1. The van der Waals surface area contributed by atoms with E-state index in [9.17, 15) is 22.8 Å². The number of aromatic nitrogens is 1. The van der Waals surface area contributed by atoms with E-state index in [1.807, 2.05) is 0 Å². The summed E-state index contributed by atoms with van der Waals surface area (Å²) in [6, 6.07) is 0.866. The fraction of sp³-hybridized carbons (Fsp3) is 0.455. The van der Waals surface area contributed by atoms with Gasteiger partial charge in [-0.3, -0.25) is 9.59 Å². The molecule has 0 radical (unpaired) electrons. The first-order chi connectivity index (χ1) is 9.26. The van der Waals surface area contributed by atoms with E-state index < -0.39 is 29.4 Å². The number of carbonyl (C=O) groups is 1. The van der Waals surface area contributed by atoms with Gasteiger partial charge in [0.15, 0.2) is 5.75 Å². The van der Waals surface area contributed by atoms with Crippen molar-refractivity contribution in [1.82, 2.24) is 4.98 Å². The smallest absolute Gasteiger partial charge is 0.488 e. The lowest BCUT2D eigenvalue weighted by Gasteiger charge is -2.13. The Bertz CT molecular complexity index is 538. The maximum atomic E-state index is 12.2. The molecule has 0 saturated carbocycles. The van der Waals surface area contributed by atoms with Crippen molar-refractivity contribution in [2.75, 3.05) is 13.7 Å². The Balaban J connectivity index is 3.11. The fourth-order valence-corrected chi connectivity index (χ4v) is 1.43. The molecule has 0 saturated heterocycles. The highest BCUT2D eigenvalue weighted by molar-refractivity contribution is 5.72. The van der Waals surface area contributed by atoms with Crippen molar-refractivity contribution in [3.63, 3.8) is 0 Å². The number of rotatable bonds is 5. The normalized spacial score (nSPS) is 11.1. The van der Waals surface area contributed by atoms with Gasteiger partial charge in [0.25, 0.3) is 5.56 Å². The molecule has 1 heterocycles. The number of alkyl halides is 3. The summed E-state index contributed by atoms with van der Waals surface area (Å²) >= 11 is 0. The van der Waals surface area contributed by atoms with Crippen molar-refractivity contribution in [3.05, 3.63) is 22.1 Å². The standard InChI is InChI=1S/C11H12F3NO5/c1-3-19-8(16)5-6-4-7(20-11(12,13)14)9(18-2)10(17)15-6/h4H,3,5H2,1-2H3,(H,15,17). The van der Waals surface area contributed by atoms with E-state index in [-0.39, 0.29) is 18.7 Å². The molecule has 20 heavy (non-hydrogen) atoms. The highest BCUT2D eigenvalue weighted by Gasteiger charge is 2.33. The zero-order chi connectivity index (χ0) is 15.3. The Kier molecular flexibility index (Phi) is 5.00. The summed E-state index contributed by atoms with van der Waals surface area (Å²) in [5, 5.41) is 0. The van der Waals surface area contributed by atoms with Crippen LogP contribution in [0.2, 0.25) is 0 Å². The first-order valence-corrected chi connectivity index (χ1v) is 5.48. The Morgan fingerprint density at radius 3 is 2.55 bits per heavy atom. The van der Waals surface area contributed by atoms with Gasteiger partial charge in [-0.2, -0.15) is 0 Å². The van der Waals surface area contributed by atoms with Crippen LogP contribution in [-0.4, -0.2) is 31.0 Å². The van der Waals surface area contributed by atoms with Crippen LogP contribution in [0.4, 0.5) is 13.2 Å². The van der Waals surface area contributed by atoms with Gasteiger partial charge in [-0.25, -0.2) is 0 Å². The Morgan fingerprint density at radius 2 is 2.05 bits per heavy atom. The summed E-state index contributed by atoms with van der Waals surface area (Å²) in [6.45, 7) is 1.69. The number of carbonyl (C=O) groups excluding carboxylic acids is 1. The topological polar surface area (TPSA) is 77.6 Å². The van der Waals surface area contributed by atoms with Crippen LogP contribution in [0, 0.1) is 0 Å². The van der Waals surface area contributed by atoms with Gasteiger partial charge in [0, 0.05) is 11.8 Å². The molecular weight excluding hydrogens is 283 g/mol. The van der Waals surface area contributed by atoms with E-state index in [2.05, 4.69) is 19.2 Å². The predicted molar refractivity (Wildman–Crippen MR) is 60.6 cm³/mol. The maximum absolute atomic E-state index is 12.2. The fourth-order valence-electron chi connectivity index (χ4n) is 1.43. The number of hydrogen-bond donors (Lipinski definition) is 1. The summed E-state index contributed by atoms with van der Waals surface area (Å²) in [6.07, 6.45) is -5.37. The third-order valence-corrected chi connectivity index (χ3v) is 2.08. The van der Waals surface area contributed by atoms with Gasteiger partial charge in [-0.1, -0.05) is 0 Å². The van der Waals surface area contributed by atoms with Gasteiger partial charge in [0.05, 0.1) is 20.1 Å². The largest absolute Gasteiger partial charge is 0.573 e. The van der Waals surface area contributed by atoms with Crippen LogP contribution in [0.25, 0.3) is 0 Å². The first kappa shape index (κ1) is 15.9. The van der Waals surface area contributed by atoms with Crippen LogP contribution in [-0.2, 0) is 16.0 Å². The van der Waals surface area contributed by atoms with E-state index >= 15 is 0 Å². The zero-order valence-electron chi connectivity index (χ0n) is 10.7. The highest BCUT2D eigenvalue weighted by atomic mass is 19.4. The summed E-state index contributed by atoms with van der Waals surface area (Å²) in [7, 11) is 1.03. The molecule has 0 spiro atoms. The predicted octanol–water partition coefficient (Wildman–Crippen LogP) is 1.39. The van der Waals surface area contributed by atoms with Crippen molar-refractivity contribution in [3.8, 4) is 11.5 Å². The van der Waals surface area contributed by atoms with Gasteiger partial charge in [-0.05, 0) is 6.92 Å². The molecule has 0 bridgehead atoms. The molecule has 112 valence electrons. The molecule has 1 N–H and O–H groups in total. The van der Waals surface area contributed by atoms with Gasteiger partial charge >= 0.3 is 12.3 Å². The molecule has 0 aliphatic carbocycles. The van der Waals surface area contributed by atoms with Crippen LogP contribution in [0.1, 0.15) is 12.6 Å². The van der Waals surface area contributed by atoms with Crippen LogP contribution < -0.4 is 15.0 Å². The number of halogens is 3. The van der Waals surface area contributed by atoms with E-state index in [1.165, 1.54) is 0 Å². The quantitative estimate of drug-likeness (QED) is 0.831. The number of esters is 1. The third-order valence-electron chi connectivity index (χ3n) is 2.08. The number of ether oxygens (including phenoxy) is 3. The van der Waals surface area contributed by atoms with Crippen LogP contribution in [0.5, 0.6) is 11.5 Å². The highest BCUT2D eigenvalue weighted by Crippen LogP contribution is 2.29. The van der Waals surface area contributed by atoms with Crippen molar-refractivity contribution in [1.29, 1.82) is 0 Å². The maximum Gasteiger partial charge on any atom is 0.573 e. The summed E-state index contributed by atoms with van der Waals surface area (Å²) < 4.78 is 49.5. The second-order valence-electron chi connectivity index (χ2n) is 3.55. The van der Waals surface area contributed by atoms with E-state index in [0.717, 1.165) is 13.2 Å². The van der Waals surface area contributed by atoms with Crippen LogP contribution >= 0.6 is 0 Å². The molecule has 0 fully saturated rings. The summed E-state index contributed by atoms with van der Waals surface area (Å²) in [5.41, 5.74) is -1.01. The lowest BCUT2D eigenvalue weighted by Crippen LogP contribution is -2.22. The summed E-state index contributed by atoms with van der Waals surface area (Å²) in [4.78, 5) is 25.0.